The van der Waals surface area contributed by atoms with E-state index in [2.05, 4.69) is 55.2 Å². The summed E-state index contributed by atoms with van der Waals surface area (Å²) >= 11 is 2.09. The maximum Gasteiger partial charge on any atom is 0.119 e. The van der Waals surface area contributed by atoms with Crippen molar-refractivity contribution in [2.24, 2.45) is 5.92 Å². The van der Waals surface area contributed by atoms with E-state index in [1.165, 1.54) is 29.9 Å². The first kappa shape index (κ1) is 14.7. The molecule has 1 heterocycles. The summed E-state index contributed by atoms with van der Waals surface area (Å²) in [5.41, 5.74) is 1.33. The molecule has 0 aliphatic carbocycles. The predicted molar refractivity (Wildman–Crippen MR) is 84.0 cm³/mol. The minimum Gasteiger partial charge on any atom is -0.491 e. The standard InChI is InChI=1S/C16H25NOS/c1-13(2)18-16-5-3-14(4-6-16)11-17-12-15-7-9-19-10-8-15/h3-6,13,15,17H,7-12H2,1-2H3. The van der Waals surface area contributed by atoms with Gasteiger partial charge in [-0.3, -0.25) is 0 Å². The Bertz CT molecular complexity index is 358. The molecule has 2 rings (SSSR count). The molecule has 3 heteroatoms. The van der Waals surface area contributed by atoms with Crippen molar-refractivity contribution in [2.75, 3.05) is 18.1 Å². The molecule has 0 saturated carbocycles. The highest BCUT2D eigenvalue weighted by molar-refractivity contribution is 7.99. The molecule has 0 bridgehead atoms. The maximum absolute atomic E-state index is 5.65. The fourth-order valence-electron chi connectivity index (χ4n) is 2.33. The van der Waals surface area contributed by atoms with Gasteiger partial charge in [0.2, 0.25) is 0 Å². The van der Waals surface area contributed by atoms with Gasteiger partial charge in [-0.05, 0) is 68.4 Å². The largest absolute Gasteiger partial charge is 0.491 e. The van der Waals surface area contributed by atoms with Gasteiger partial charge in [-0.2, -0.15) is 11.8 Å². The quantitative estimate of drug-likeness (QED) is 0.858. The highest BCUT2D eigenvalue weighted by Crippen LogP contribution is 2.22. The molecule has 0 aromatic heterocycles. The number of ether oxygens (including phenoxy) is 1. The lowest BCUT2D eigenvalue weighted by Crippen LogP contribution is -2.25. The third-order valence-electron chi connectivity index (χ3n) is 3.40. The van der Waals surface area contributed by atoms with Gasteiger partial charge >= 0.3 is 0 Å². The first-order valence-corrected chi connectivity index (χ1v) is 8.43. The summed E-state index contributed by atoms with van der Waals surface area (Å²) in [7, 11) is 0. The van der Waals surface area contributed by atoms with Crippen LogP contribution in [0.2, 0.25) is 0 Å². The molecule has 0 radical (unpaired) electrons. The number of benzene rings is 1. The fourth-order valence-corrected chi connectivity index (χ4v) is 3.53. The van der Waals surface area contributed by atoms with Crippen molar-refractivity contribution >= 4 is 11.8 Å². The molecule has 106 valence electrons. The molecule has 0 spiro atoms. The van der Waals surface area contributed by atoms with Gasteiger partial charge in [-0.25, -0.2) is 0 Å². The summed E-state index contributed by atoms with van der Waals surface area (Å²) in [6.45, 7) is 6.23. The fraction of sp³-hybridized carbons (Fsp3) is 0.625. The van der Waals surface area contributed by atoms with Crippen molar-refractivity contribution in [3.63, 3.8) is 0 Å². The van der Waals surface area contributed by atoms with Gasteiger partial charge in [-0.1, -0.05) is 12.1 Å². The van der Waals surface area contributed by atoms with Crippen LogP contribution in [0.15, 0.2) is 24.3 Å². The zero-order valence-electron chi connectivity index (χ0n) is 12.0. The summed E-state index contributed by atoms with van der Waals surface area (Å²) < 4.78 is 5.65. The van der Waals surface area contributed by atoms with Gasteiger partial charge in [-0.15, -0.1) is 0 Å². The van der Waals surface area contributed by atoms with Crippen LogP contribution in [0.1, 0.15) is 32.3 Å². The minimum atomic E-state index is 0.244. The van der Waals surface area contributed by atoms with Crippen LogP contribution in [0.4, 0.5) is 0 Å². The lowest BCUT2D eigenvalue weighted by molar-refractivity contribution is 0.242. The Morgan fingerprint density at radius 1 is 1.21 bits per heavy atom. The molecule has 1 saturated heterocycles. The number of rotatable bonds is 6. The first-order valence-electron chi connectivity index (χ1n) is 7.28. The van der Waals surface area contributed by atoms with E-state index >= 15 is 0 Å². The van der Waals surface area contributed by atoms with Crippen molar-refractivity contribution in [2.45, 2.75) is 39.3 Å². The van der Waals surface area contributed by atoms with E-state index in [1.807, 2.05) is 0 Å². The minimum absolute atomic E-state index is 0.244. The molecule has 1 aromatic carbocycles. The Morgan fingerprint density at radius 3 is 2.53 bits per heavy atom. The molecule has 1 fully saturated rings. The van der Waals surface area contributed by atoms with E-state index in [1.54, 1.807) is 0 Å². The molecular formula is C16H25NOS. The second-order valence-electron chi connectivity index (χ2n) is 5.50. The number of hydrogen-bond donors (Lipinski definition) is 1. The SMILES string of the molecule is CC(C)Oc1ccc(CNCC2CCSCC2)cc1. The van der Waals surface area contributed by atoms with Crippen LogP contribution in [0, 0.1) is 5.92 Å². The maximum atomic E-state index is 5.65. The summed E-state index contributed by atoms with van der Waals surface area (Å²) in [5, 5.41) is 3.58. The molecule has 0 atom stereocenters. The summed E-state index contributed by atoms with van der Waals surface area (Å²) in [6, 6.07) is 8.44. The number of thioether (sulfide) groups is 1. The Hall–Kier alpha value is -0.670. The third kappa shape index (κ3) is 5.45. The topological polar surface area (TPSA) is 21.3 Å². The average Bonchev–Trinajstić information content (AvgIpc) is 2.41. The molecule has 1 aromatic rings. The third-order valence-corrected chi connectivity index (χ3v) is 4.45. The van der Waals surface area contributed by atoms with Crippen LogP contribution in [-0.2, 0) is 6.54 Å². The van der Waals surface area contributed by atoms with Crippen molar-refractivity contribution in [3.05, 3.63) is 29.8 Å². The second kappa shape index (κ2) is 7.81. The van der Waals surface area contributed by atoms with Crippen molar-refractivity contribution in [1.29, 1.82) is 0 Å². The van der Waals surface area contributed by atoms with Crippen molar-refractivity contribution < 1.29 is 4.74 Å². The molecule has 0 unspecified atom stereocenters. The van der Waals surface area contributed by atoms with Gasteiger partial charge in [0.1, 0.15) is 5.75 Å². The van der Waals surface area contributed by atoms with Gasteiger partial charge in [0, 0.05) is 6.54 Å². The van der Waals surface area contributed by atoms with Crippen LogP contribution in [0.25, 0.3) is 0 Å². The van der Waals surface area contributed by atoms with E-state index in [0.29, 0.717) is 0 Å². The Kier molecular flexibility index (Phi) is 6.05. The van der Waals surface area contributed by atoms with Crippen LogP contribution >= 0.6 is 11.8 Å². The molecule has 0 amide bonds. The van der Waals surface area contributed by atoms with Crippen LogP contribution < -0.4 is 10.1 Å². The van der Waals surface area contributed by atoms with Gasteiger partial charge < -0.3 is 10.1 Å². The van der Waals surface area contributed by atoms with E-state index in [0.717, 1.165) is 24.8 Å². The monoisotopic (exact) mass is 279 g/mol. The second-order valence-corrected chi connectivity index (χ2v) is 6.72. The molecule has 2 nitrogen and oxygen atoms in total. The molecular weight excluding hydrogens is 254 g/mol. The van der Waals surface area contributed by atoms with Crippen LogP contribution in [0.3, 0.4) is 0 Å². The Morgan fingerprint density at radius 2 is 1.89 bits per heavy atom. The van der Waals surface area contributed by atoms with Gasteiger partial charge in [0.05, 0.1) is 6.10 Å². The predicted octanol–water partition coefficient (Wildman–Crippen LogP) is 3.71. The Balaban J connectivity index is 1.70. The smallest absolute Gasteiger partial charge is 0.119 e. The van der Waals surface area contributed by atoms with E-state index < -0.39 is 0 Å². The number of hydrogen-bond acceptors (Lipinski definition) is 3. The van der Waals surface area contributed by atoms with Crippen molar-refractivity contribution in [3.8, 4) is 5.75 Å². The normalized spacial score (nSPS) is 16.8. The zero-order valence-corrected chi connectivity index (χ0v) is 12.8. The van der Waals surface area contributed by atoms with Crippen LogP contribution in [0.5, 0.6) is 5.75 Å². The van der Waals surface area contributed by atoms with E-state index in [9.17, 15) is 0 Å². The highest BCUT2D eigenvalue weighted by atomic mass is 32.2. The van der Waals surface area contributed by atoms with E-state index in [-0.39, 0.29) is 6.10 Å². The lowest BCUT2D eigenvalue weighted by atomic mass is 10.0. The molecule has 19 heavy (non-hydrogen) atoms. The molecule has 1 aliphatic heterocycles. The highest BCUT2D eigenvalue weighted by Gasteiger charge is 2.12. The van der Waals surface area contributed by atoms with Crippen molar-refractivity contribution in [1.82, 2.24) is 5.32 Å². The molecule has 1 N–H and O–H groups in total. The summed E-state index contributed by atoms with van der Waals surface area (Å²) in [4.78, 5) is 0. The zero-order chi connectivity index (χ0) is 13.5. The lowest BCUT2D eigenvalue weighted by Gasteiger charge is -2.21. The van der Waals surface area contributed by atoms with E-state index in [4.69, 9.17) is 4.74 Å². The number of nitrogens with one attached hydrogen (secondary N) is 1. The molecule has 1 aliphatic rings. The van der Waals surface area contributed by atoms with Gasteiger partial charge in [0.15, 0.2) is 0 Å². The Labute approximate surface area is 121 Å². The summed E-state index contributed by atoms with van der Waals surface area (Å²) in [6.07, 6.45) is 2.99. The average molecular weight is 279 g/mol. The van der Waals surface area contributed by atoms with Crippen LogP contribution in [-0.4, -0.2) is 24.2 Å². The van der Waals surface area contributed by atoms with Gasteiger partial charge in [0.25, 0.3) is 0 Å². The first-order chi connectivity index (χ1) is 9.24. The summed E-state index contributed by atoms with van der Waals surface area (Å²) in [5.74, 6) is 4.52.